The molecule has 0 bridgehead atoms. The number of hydrogen-bond donors (Lipinski definition) is 1. The van der Waals surface area contributed by atoms with Crippen LogP contribution in [0.15, 0.2) is 64.8 Å². The van der Waals surface area contributed by atoms with Gasteiger partial charge in [-0.2, -0.15) is 0 Å². The molecule has 0 atom stereocenters. The first kappa shape index (κ1) is 32.0. The number of thiophene rings is 1. The predicted molar refractivity (Wildman–Crippen MR) is 182 cm³/mol. The van der Waals surface area contributed by atoms with E-state index in [1.165, 1.54) is 53.9 Å². The number of anilines is 1. The van der Waals surface area contributed by atoms with Gasteiger partial charge in [-0.25, -0.2) is 0 Å². The SMILES string of the molecule is CCCCCCCCCC(=O)OC[N+]1(CCCCOc2ccc3ccc(=O)[nH]c3c2)CCN(c2cccc3sccc23)CC1. The van der Waals surface area contributed by atoms with Crippen molar-refractivity contribution in [3.05, 3.63) is 70.3 Å². The van der Waals surface area contributed by atoms with Crippen molar-refractivity contribution < 1.29 is 18.8 Å². The number of aromatic amines is 1. The Morgan fingerprint density at radius 3 is 2.57 bits per heavy atom. The number of aromatic nitrogens is 1. The second-order valence-electron chi connectivity index (χ2n) is 12.3. The smallest absolute Gasteiger partial charge is 0.310 e. The third kappa shape index (κ3) is 8.85. The van der Waals surface area contributed by atoms with E-state index in [9.17, 15) is 9.59 Å². The normalized spacial score (nSPS) is 14.7. The number of quaternary nitrogens is 1. The topological polar surface area (TPSA) is 71.6 Å². The van der Waals surface area contributed by atoms with Gasteiger partial charge in [0.15, 0.2) is 0 Å². The Morgan fingerprint density at radius 1 is 0.932 bits per heavy atom. The average Bonchev–Trinajstić information content (AvgIpc) is 3.53. The van der Waals surface area contributed by atoms with Gasteiger partial charge in [0.2, 0.25) is 12.3 Å². The molecule has 2 aromatic heterocycles. The Labute approximate surface area is 265 Å². The van der Waals surface area contributed by atoms with Crippen molar-refractivity contribution in [2.24, 2.45) is 0 Å². The van der Waals surface area contributed by atoms with Crippen molar-refractivity contribution in [1.82, 2.24) is 4.98 Å². The van der Waals surface area contributed by atoms with Crippen LogP contribution >= 0.6 is 11.3 Å². The van der Waals surface area contributed by atoms with E-state index in [2.05, 4.69) is 46.5 Å². The summed E-state index contributed by atoms with van der Waals surface area (Å²) in [6.45, 7) is 8.02. The number of ether oxygens (including phenoxy) is 2. The van der Waals surface area contributed by atoms with Gasteiger partial charge < -0.3 is 19.4 Å². The molecule has 0 amide bonds. The maximum Gasteiger partial charge on any atom is 0.310 e. The number of unbranched alkanes of at least 4 members (excludes halogenated alkanes) is 7. The van der Waals surface area contributed by atoms with E-state index in [0.29, 0.717) is 19.8 Å². The molecule has 0 radical (unpaired) electrons. The summed E-state index contributed by atoms with van der Waals surface area (Å²) >= 11 is 1.79. The molecule has 4 aromatic rings. The first-order chi connectivity index (χ1) is 21.5. The molecular formula is C36H48N3O4S+. The molecule has 1 N–H and O–H groups in total. The van der Waals surface area contributed by atoms with Gasteiger partial charge in [-0.1, -0.05) is 51.5 Å². The molecule has 0 unspecified atom stereocenters. The van der Waals surface area contributed by atoms with Crippen LogP contribution in [0.5, 0.6) is 5.75 Å². The van der Waals surface area contributed by atoms with Crippen LogP contribution in [-0.2, 0) is 9.53 Å². The summed E-state index contributed by atoms with van der Waals surface area (Å²) in [7, 11) is 0. The quantitative estimate of drug-likeness (QED) is 0.0741. The van der Waals surface area contributed by atoms with Crippen LogP contribution in [0.2, 0.25) is 0 Å². The van der Waals surface area contributed by atoms with Crippen molar-refractivity contribution in [3.8, 4) is 5.75 Å². The summed E-state index contributed by atoms with van der Waals surface area (Å²) in [5, 5.41) is 4.48. The van der Waals surface area contributed by atoms with E-state index in [-0.39, 0.29) is 11.5 Å². The highest BCUT2D eigenvalue weighted by molar-refractivity contribution is 7.17. The maximum atomic E-state index is 12.7. The second-order valence-corrected chi connectivity index (χ2v) is 13.2. The van der Waals surface area contributed by atoms with E-state index in [1.54, 1.807) is 11.3 Å². The number of hydrogen-bond acceptors (Lipinski definition) is 6. The van der Waals surface area contributed by atoms with E-state index in [4.69, 9.17) is 9.47 Å². The van der Waals surface area contributed by atoms with Crippen LogP contribution in [0.3, 0.4) is 0 Å². The van der Waals surface area contributed by atoms with Gasteiger partial charge in [0, 0.05) is 34.3 Å². The van der Waals surface area contributed by atoms with Gasteiger partial charge in [0.05, 0.1) is 44.8 Å². The number of nitrogens with zero attached hydrogens (tertiary/aromatic N) is 2. The van der Waals surface area contributed by atoms with E-state index in [0.717, 1.165) is 79.5 Å². The third-order valence-electron chi connectivity index (χ3n) is 8.98. The van der Waals surface area contributed by atoms with Crippen molar-refractivity contribution in [3.63, 3.8) is 0 Å². The fraction of sp³-hybridized carbons (Fsp3) is 0.500. The number of benzene rings is 2. The van der Waals surface area contributed by atoms with Gasteiger partial charge in [0.1, 0.15) is 5.75 Å². The molecule has 1 saturated heterocycles. The minimum Gasteiger partial charge on any atom is -0.494 e. The molecule has 1 fully saturated rings. The number of nitrogens with one attached hydrogen (secondary N) is 1. The lowest BCUT2D eigenvalue weighted by atomic mass is 10.1. The molecule has 2 aromatic carbocycles. The average molecular weight is 619 g/mol. The lowest BCUT2D eigenvalue weighted by Crippen LogP contribution is -2.61. The Hall–Kier alpha value is -3.36. The summed E-state index contributed by atoms with van der Waals surface area (Å²) in [6, 6.07) is 18.0. The Morgan fingerprint density at radius 2 is 1.73 bits per heavy atom. The van der Waals surface area contributed by atoms with Gasteiger partial charge in [-0.3, -0.25) is 14.1 Å². The first-order valence-electron chi connectivity index (χ1n) is 16.5. The van der Waals surface area contributed by atoms with E-state index >= 15 is 0 Å². The molecule has 44 heavy (non-hydrogen) atoms. The molecule has 5 rings (SSSR count). The molecule has 0 aliphatic carbocycles. The molecule has 1 aliphatic rings. The highest BCUT2D eigenvalue weighted by Gasteiger charge is 2.34. The number of pyridine rings is 1. The van der Waals surface area contributed by atoms with Gasteiger partial charge >= 0.3 is 5.97 Å². The van der Waals surface area contributed by atoms with Crippen LogP contribution in [0, 0.1) is 0 Å². The minimum atomic E-state index is -0.112. The molecule has 236 valence electrons. The molecule has 8 heteroatoms. The van der Waals surface area contributed by atoms with Crippen molar-refractivity contribution in [1.29, 1.82) is 0 Å². The molecule has 1 aliphatic heterocycles. The highest BCUT2D eigenvalue weighted by atomic mass is 32.1. The van der Waals surface area contributed by atoms with E-state index < -0.39 is 0 Å². The molecule has 0 spiro atoms. The standard InChI is InChI=1S/C36H47N3O4S/c1-2-3-4-5-6-7-8-14-36(41)43-28-39(23-20-38(21-24-39)33-12-11-13-34-31(33)19-26-44-34)22-9-10-25-42-30-17-15-29-16-18-35(40)37-32(29)27-30/h11-13,15-19,26-27H,2-10,14,20-25,28H2,1H3/p+1. The van der Waals surface area contributed by atoms with Gasteiger partial charge in [0.25, 0.3) is 0 Å². The summed E-state index contributed by atoms with van der Waals surface area (Å²) < 4.78 is 14.1. The summed E-state index contributed by atoms with van der Waals surface area (Å²) in [5.41, 5.74) is 1.98. The predicted octanol–water partition coefficient (Wildman–Crippen LogP) is 7.88. The Balaban J connectivity index is 1.13. The number of rotatable bonds is 17. The number of piperazine rings is 1. The highest BCUT2D eigenvalue weighted by Crippen LogP contribution is 2.32. The van der Waals surface area contributed by atoms with Crippen molar-refractivity contribution in [2.45, 2.75) is 71.1 Å². The second kappa shape index (κ2) is 16.1. The van der Waals surface area contributed by atoms with Crippen molar-refractivity contribution >= 4 is 44.0 Å². The summed E-state index contributed by atoms with van der Waals surface area (Å²) in [5.74, 6) is 0.706. The maximum absolute atomic E-state index is 12.7. The first-order valence-corrected chi connectivity index (χ1v) is 17.4. The minimum absolute atomic E-state index is 0.0563. The van der Waals surface area contributed by atoms with E-state index in [1.807, 2.05) is 24.3 Å². The zero-order valence-corrected chi connectivity index (χ0v) is 27.0. The van der Waals surface area contributed by atoms with Gasteiger partial charge in [-0.05, 0) is 66.4 Å². The van der Waals surface area contributed by atoms with Crippen LogP contribution in [0.4, 0.5) is 5.69 Å². The monoisotopic (exact) mass is 618 g/mol. The van der Waals surface area contributed by atoms with Crippen LogP contribution in [-0.4, -0.2) is 61.5 Å². The fourth-order valence-corrected chi connectivity index (χ4v) is 7.07. The number of fused-ring (bicyclic) bond motifs is 2. The lowest BCUT2D eigenvalue weighted by Gasteiger charge is -2.45. The van der Waals surface area contributed by atoms with Crippen LogP contribution < -0.4 is 15.2 Å². The number of esters is 1. The summed E-state index contributed by atoms with van der Waals surface area (Å²) in [6.07, 6.45) is 10.8. The Bertz CT molecular complexity index is 1540. The fourth-order valence-electron chi connectivity index (χ4n) is 6.27. The molecule has 3 heterocycles. The van der Waals surface area contributed by atoms with Crippen LogP contribution in [0.25, 0.3) is 21.0 Å². The van der Waals surface area contributed by atoms with Crippen LogP contribution in [0.1, 0.15) is 71.1 Å². The number of carbonyl (C=O) groups excluding carboxylic acids is 1. The largest absolute Gasteiger partial charge is 0.494 e. The van der Waals surface area contributed by atoms with Crippen molar-refractivity contribution in [2.75, 3.05) is 51.0 Å². The lowest BCUT2D eigenvalue weighted by molar-refractivity contribution is -0.944. The summed E-state index contributed by atoms with van der Waals surface area (Å²) in [4.78, 5) is 29.8. The number of H-pyrrole nitrogens is 1. The zero-order valence-electron chi connectivity index (χ0n) is 26.2. The molecule has 0 saturated carbocycles. The zero-order chi connectivity index (χ0) is 30.6. The molecular weight excluding hydrogens is 570 g/mol. The molecule has 7 nitrogen and oxygen atoms in total. The number of carbonyl (C=O) groups is 1. The third-order valence-corrected chi connectivity index (χ3v) is 9.86. The van der Waals surface area contributed by atoms with Gasteiger partial charge in [-0.15, -0.1) is 11.3 Å². The Kier molecular flexibility index (Phi) is 11.7.